The number of aryl methyl sites for hydroxylation is 2. The molecule has 0 bridgehead atoms. The van der Waals surface area contributed by atoms with Crippen molar-refractivity contribution in [2.45, 2.75) is 37.8 Å². The van der Waals surface area contributed by atoms with Crippen molar-refractivity contribution in [2.24, 2.45) is 0 Å². The number of carbonyl (C=O) groups excluding carboxylic acids is 2. The zero-order valence-electron chi connectivity index (χ0n) is 24.1. The van der Waals surface area contributed by atoms with Crippen molar-refractivity contribution in [3.05, 3.63) is 129 Å². The molecular weight excluding hydrogens is 605 g/mol. The first-order valence-electron chi connectivity index (χ1n) is 13.6. The van der Waals surface area contributed by atoms with Crippen molar-refractivity contribution in [1.29, 1.82) is 0 Å². The van der Waals surface area contributed by atoms with Gasteiger partial charge >= 0.3 is 0 Å². The van der Waals surface area contributed by atoms with Gasteiger partial charge in [-0.3, -0.25) is 13.9 Å². The van der Waals surface area contributed by atoms with E-state index in [1.807, 2.05) is 44.2 Å². The van der Waals surface area contributed by atoms with Gasteiger partial charge in [-0.2, -0.15) is 0 Å². The number of hydrogen-bond acceptors (Lipinski definition) is 4. The highest BCUT2D eigenvalue weighted by atomic mass is 35.5. The lowest BCUT2D eigenvalue weighted by atomic mass is 10.0. The number of likely N-dealkylation sites (N-methyl/N-ethyl adjacent to an activating group) is 1. The van der Waals surface area contributed by atoms with E-state index in [4.69, 9.17) is 23.2 Å². The van der Waals surface area contributed by atoms with E-state index in [-0.39, 0.29) is 23.8 Å². The number of carbonyl (C=O) groups is 2. The summed E-state index contributed by atoms with van der Waals surface area (Å²) in [6, 6.07) is 26.7. The van der Waals surface area contributed by atoms with Crippen molar-refractivity contribution in [3.8, 4) is 0 Å². The van der Waals surface area contributed by atoms with Crippen molar-refractivity contribution < 1.29 is 18.0 Å². The van der Waals surface area contributed by atoms with E-state index >= 15 is 0 Å². The molecule has 0 aliphatic rings. The molecule has 0 saturated carbocycles. The van der Waals surface area contributed by atoms with Gasteiger partial charge in [0, 0.05) is 20.0 Å². The van der Waals surface area contributed by atoms with E-state index in [1.165, 1.54) is 24.1 Å². The Labute approximate surface area is 263 Å². The summed E-state index contributed by atoms with van der Waals surface area (Å²) in [7, 11) is -2.66. The van der Waals surface area contributed by atoms with Gasteiger partial charge in [0.2, 0.25) is 11.8 Å². The van der Waals surface area contributed by atoms with Crippen LogP contribution >= 0.6 is 23.2 Å². The monoisotopic (exact) mass is 637 g/mol. The molecule has 7 nitrogen and oxygen atoms in total. The summed E-state index contributed by atoms with van der Waals surface area (Å²) in [6.07, 6.45) is 0.211. The van der Waals surface area contributed by atoms with Crippen LogP contribution in [0.2, 0.25) is 10.0 Å². The van der Waals surface area contributed by atoms with Crippen molar-refractivity contribution in [2.75, 3.05) is 17.9 Å². The molecular formula is C33H33Cl2N3O4S. The number of hydrogen-bond donors (Lipinski definition) is 1. The summed E-state index contributed by atoms with van der Waals surface area (Å²) in [5.74, 6) is -0.951. The van der Waals surface area contributed by atoms with Gasteiger partial charge in [0.05, 0.1) is 20.6 Å². The molecule has 2 amide bonds. The maximum absolute atomic E-state index is 14.3. The number of nitrogens with zero attached hydrogens (tertiary/aromatic N) is 2. The standard InChI is InChI=1S/C33H33Cl2N3O4S/c1-23-9-14-27(15-10-23)38(43(41,42)28-16-11-24(2)12-17-28)22-32(39)37(21-26-13-18-29(34)30(35)19-26)31(33(40)36-3)20-25-7-5-4-6-8-25/h4-19,31H,20-22H2,1-3H3,(H,36,40). The van der Waals surface area contributed by atoms with Gasteiger partial charge in [0.15, 0.2) is 0 Å². The van der Waals surface area contributed by atoms with Crippen molar-refractivity contribution in [1.82, 2.24) is 10.2 Å². The smallest absolute Gasteiger partial charge is 0.264 e. The van der Waals surface area contributed by atoms with Gasteiger partial charge in [-0.15, -0.1) is 0 Å². The molecule has 0 heterocycles. The van der Waals surface area contributed by atoms with Crippen LogP contribution in [0.3, 0.4) is 0 Å². The highest BCUT2D eigenvalue weighted by Gasteiger charge is 2.34. The molecule has 10 heteroatoms. The fourth-order valence-electron chi connectivity index (χ4n) is 4.63. The first kappa shape index (κ1) is 32.1. The van der Waals surface area contributed by atoms with Gasteiger partial charge in [-0.1, -0.05) is 95.0 Å². The molecule has 0 radical (unpaired) electrons. The van der Waals surface area contributed by atoms with E-state index in [9.17, 15) is 18.0 Å². The first-order chi connectivity index (χ1) is 20.5. The maximum atomic E-state index is 14.3. The molecule has 224 valence electrons. The summed E-state index contributed by atoms with van der Waals surface area (Å²) in [4.78, 5) is 29.1. The molecule has 0 fully saturated rings. The Morgan fingerprint density at radius 2 is 1.40 bits per heavy atom. The van der Waals surface area contributed by atoms with Gasteiger partial charge < -0.3 is 10.2 Å². The molecule has 0 spiro atoms. The lowest BCUT2D eigenvalue weighted by molar-refractivity contribution is -0.139. The van der Waals surface area contributed by atoms with Crippen LogP contribution in [0.15, 0.2) is 102 Å². The fourth-order valence-corrected chi connectivity index (χ4v) is 6.37. The second kappa shape index (κ2) is 14.1. The topological polar surface area (TPSA) is 86.8 Å². The third-order valence-corrected chi connectivity index (χ3v) is 9.59. The minimum absolute atomic E-state index is 0.00698. The minimum Gasteiger partial charge on any atom is -0.357 e. The normalized spacial score (nSPS) is 11.9. The van der Waals surface area contributed by atoms with Crippen LogP contribution in [0.25, 0.3) is 0 Å². The van der Waals surface area contributed by atoms with Crippen LogP contribution in [0.5, 0.6) is 0 Å². The Morgan fingerprint density at radius 1 is 0.791 bits per heavy atom. The maximum Gasteiger partial charge on any atom is 0.264 e. The van der Waals surface area contributed by atoms with Gasteiger partial charge in [-0.05, 0) is 61.4 Å². The van der Waals surface area contributed by atoms with Crippen LogP contribution in [0.4, 0.5) is 5.69 Å². The average Bonchev–Trinajstić information content (AvgIpc) is 3.00. The lowest BCUT2D eigenvalue weighted by Gasteiger charge is -2.33. The molecule has 0 aliphatic carbocycles. The molecule has 1 atom stereocenters. The summed E-state index contributed by atoms with van der Waals surface area (Å²) in [5.41, 5.74) is 3.64. The third-order valence-electron chi connectivity index (χ3n) is 7.06. The van der Waals surface area contributed by atoms with Crippen LogP contribution in [-0.2, 0) is 32.6 Å². The van der Waals surface area contributed by atoms with Gasteiger partial charge in [0.1, 0.15) is 12.6 Å². The molecule has 0 aromatic heterocycles. The quantitative estimate of drug-likeness (QED) is 0.212. The Bertz CT molecular complexity index is 1680. The van der Waals surface area contributed by atoms with Crippen molar-refractivity contribution >= 4 is 50.7 Å². The summed E-state index contributed by atoms with van der Waals surface area (Å²) in [5, 5.41) is 3.32. The molecule has 0 saturated heterocycles. The SMILES string of the molecule is CNC(=O)C(Cc1ccccc1)N(Cc1ccc(Cl)c(Cl)c1)C(=O)CN(c1ccc(C)cc1)S(=O)(=O)c1ccc(C)cc1. The Morgan fingerprint density at radius 3 is 1.98 bits per heavy atom. The summed E-state index contributed by atoms with van der Waals surface area (Å²) >= 11 is 12.4. The van der Waals surface area contributed by atoms with Crippen LogP contribution in [0, 0.1) is 13.8 Å². The number of amides is 2. The predicted molar refractivity (Wildman–Crippen MR) is 172 cm³/mol. The molecule has 1 N–H and O–H groups in total. The molecule has 4 aromatic carbocycles. The Balaban J connectivity index is 1.79. The Hall–Kier alpha value is -3.85. The van der Waals surface area contributed by atoms with Gasteiger partial charge in [0.25, 0.3) is 10.0 Å². The first-order valence-corrected chi connectivity index (χ1v) is 15.8. The second-order valence-electron chi connectivity index (χ2n) is 10.3. The van der Waals surface area contributed by atoms with E-state index < -0.39 is 28.5 Å². The molecule has 4 rings (SSSR count). The number of benzene rings is 4. The van der Waals surface area contributed by atoms with E-state index in [2.05, 4.69) is 5.32 Å². The van der Waals surface area contributed by atoms with Crippen LogP contribution in [-0.4, -0.2) is 44.8 Å². The largest absolute Gasteiger partial charge is 0.357 e. The summed E-state index contributed by atoms with van der Waals surface area (Å²) < 4.78 is 29.1. The van der Waals surface area contributed by atoms with Gasteiger partial charge in [-0.25, -0.2) is 8.42 Å². The molecule has 1 unspecified atom stereocenters. The minimum atomic E-state index is -4.16. The van der Waals surface area contributed by atoms with Crippen molar-refractivity contribution in [3.63, 3.8) is 0 Å². The number of halogens is 2. The molecule has 0 aliphatic heterocycles. The van der Waals surface area contributed by atoms with Crippen LogP contribution < -0.4 is 9.62 Å². The number of rotatable bonds is 11. The molecule has 43 heavy (non-hydrogen) atoms. The fraction of sp³-hybridized carbons (Fsp3) is 0.212. The van der Waals surface area contributed by atoms with E-state index in [1.54, 1.807) is 54.6 Å². The van der Waals surface area contributed by atoms with E-state index in [0.717, 1.165) is 21.0 Å². The van der Waals surface area contributed by atoms with Crippen LogP contribution in [0.1, 0.15) is 22.3 Å². The number of anilines is 1. The zero-order chi connectivity index (χ0) is 31.1. The predicted octanol–water partition coefficient (Wildman–Crippen LogP) is 6.19. The zero-order valence-corrected chi connectivity index (χ0v) is 26.5. The lowest BCUT2D eigenvalue weighted by Crippen LogP contribution is -2.53. The summed E-state index contributed by atoms with van der Waals surface area (Å²) in [6.45, 7) is 3.21. The number of nitrogens with one attached hydrogen (secondary N) is 1. The highest BCUT2D eigenvalue weighted by molar-refractivity contribution is 7.92. The van der Waals surface area contributed by atoms with E-state index in [0.29, 0.717) is 21.3 Å². The highest BCUT2D eigenvalue weighted by Crippen LogP contribution is 2.27. The number of sulfonamides is 1. The molecule has 4 aromatic rings. The Kier molecular flexibility index (Phi) is 10.5. The second-order valence-corrected chi connectivity index (χ2v) is 12.9. The third kappa shape index (κ3) is 7.96. The average molecular weight is 639 g/mol.